The van der Waals surface area contributed by atoms with Crippen molar-refractivity contribution in [2.24, 2.45) is 0 Å². The molecule has 0 atom stereocenters. The Bertz CT molecular complexity index is 336. The van der Waals surface area contributed by atoms with E-state index >= 15 is 0 Å². The second-order valence-electron chi connectivity index (χ2n) is 2.06. The van der Waals surface area contributed by atoms with Gasteiger partial charge in [0, 0.05) is 0 Å². The monoisotopic (exact) mass is 206 g/mol. The number of phenols is 1. The molecule has 5 heteroatoms. The first kappa shape index (κ1) is 9.16. The van der Waals surface area contributed by atoms with Gasteiger partial charge in [-0.25, -0.2) is 4.79 Å². The third kappa shape index (κ3) is 1.47. The van der Waals surface area contributed by atoms with Gasteiger partial charge < -0.3 is 10.2 Å². The minimum absolute atomic E-state index is 0.00491. The van der Waals surface area contributed by atoms with Gasteiger partial charge in [0.25, 0.3) is 0 Å². The van der Waals surface area contributed by atoms with E-state index < -0.39 is 5.97 Å². The summed E-state index contributed by atoms with van der Waals surface area (Å²) in [7, 11) is 0. The summed E-state index contributed by atoms with van der Waals surface area (Å²) in [6.07, 6.45) is 0. The highest BCUT2D eigenvalue weighted by Gasteiger charge is 2.16. The zero-order valence-corrected chi connectivity index (χ0v) is 7.23. The molecule has 0 unspecified atom stereocenters. The summed E-state index contributed by atoms with van der Waals surface area (Å²) < 4.78 is 0. The summed E-state index contributed by atoms with van der Waals surface area (Å²) in [4.78, 5) is 10.5. The summed E-state index contributed by atoms with van der Waals surface area (Å²) in [6, 6.07) is 2.50. The Kier molecular flexibility index (Phi) is 2.45. The van der Waals surface area contributed by atoms with E-state index in [0.717, 1.165) is 0 Å². The minimum atomic E-state index is -1.26. The van der Waals surface area contributed by atoms with Crippen molar-refractivity contribution in [3.63, 3.8) is 0 Å². The van der Waals surface area contributed by atoms with E-state index in [1.807, 2.05) is 0 Å². The van der Waals surface area contributed by atoms with Gasteiger partial charge in [-0.05, 0) is 12.1 Å². The molecule has 2 N–H and O–H groups in total. The second-order valence-corrected chi connectivity index (χ2v) is 2.85. The molecule has 0 spiro atoms. The van der Waals surface area contributed by atoms with Crippen LogP contribution in [0.15, 0.2) is 12.1 Å². The molecule has 1 aromatic rings. The molecule has 0 aliphatic carbocycles. The number of hydrogen-bond donors (Lipinski definition) is 2. The predicted octanol–water partition coefficient (Wildman–Crippen LogP) is 2.40. The van der Waals surface area contributed by atoms with Gasteiger partial charge in [-0.3, -0.25) is 0 Å². The minimum Gasteiger partial charge on any atom is -0.506 e. The largest absolute Gasteiger partial charge is 0.506 e. The lowest BCUT2D eigenvalue weighted by atomic mass is 10.2. The summed E-state index contributed by atoms with van der Waals surface area (Å²) in [5.41, 5.74) is -0.279. The first-order chi connectivity index (χ1) is 5.54. The number of phenolic OH excluding ortho intramolecular Hbond substituents is 1. The topological polar surface area (TPSA) is 57.5 Å². The highest BCUT2D eigenvalue weighted by atomic mass is 35.5. The zero-order chi connectivity index (χ0) is 9.30. The molecule has 0 radical (unpaired) electrons. The predicted molar refractivity (Wildman–Crippen MR) is 45.1 cm³/mol. The molecule has 64 valence electrons. The number of carboxylic acid groups (broad SMARTS) is 1. The van der Waals surface area contributed by atoms with Crippen LogP contribution in [-0.4, -0.2) is 16.2 Å². The lowest BCUT2D eigenvalue weighted by Crippen LogP contribution is -1.98. The summed E-state index contributed by atoms with van der Waals surface area (Å²) in [5, 5.41) is 17.4. The maximum absolute atomic E-state index is 10.5. The summed E-state index contributed by atoms with van der Waals surface area (Å²) >= 11 is 11.0. The summed E-state index contributed by atoms with van der Waals surface area (Å²) in [5.74, 6) is -1.56. The number of aromatic hydroxyl groups is 1. The van der Waals surface area contributed by atoms with Crippen molar-refractivity contribution < 1.29 is 15.0 Å². The normalized spacial score (nSPS) is 9.83. The number of carboxylic acids is 1. The summed E-state index contributed by atoms with van der Waals surface area (Å²) in [6.45, 7) is 0. The molecule has 0 saturated carbocycles. The van der Waals surface area contributed by atoms with Crippen LogP contribution in [0.25, 0.3) is 0 Å². The van der Waals surface area contributed by atoms with Gasteiger partial charge in [0.1, 0.15) is 11.3 Å². The molecule has 0 amide bonds. The molecule has 0 aromatic heterocycles. The van der Waals surface area contributed by atoms with Gasteiger partial charge in [0.2, 0.25) is 0 Å². The van der Waals surface area contributed by atoms with Crippen LogP contribution in [0.3, 0.4) is 0 Å². The number of hydrogen-bond acceptors (Lipinski definition) is 2. The lowest BCUT2D eigenvalue weighted by molar-refractivity contribution is 0.0697. The average Bonchev–Trinajstić information content (AvgIpc) is 1.97. The van der Waals surface area contributed by atoms with Gasteiger partial charge in [-0.15, -0.1) is 0 Å². The standard InChI is InChI=1S/C7H4Cl2O3/c8-3-1-2-4(10)6(9)5(3)7(11)12/h1-2,10H,(H,11,12). The Hall–Kier alpha value is -0.930. The Labute approximate surface area is 78.2 Å². The van der Waals surface area contributed by atoms with Crippen molar-refractivity contribution in [2.45, 2.75) is 0 Å². The van der Waals surface area contributed by atoms with Crippen molar-refractivity contribution >= 4 is 29.2 Å². The Morgan fingerprint density at radius 2 is 1.92 bits per heavy atom. The first-order valence-electron chi connectivity index (χ1n) is 2.94. The van der Waals surface area contributed by atoms with Crippen molar-refractivity contribution in [1.29, 1.82) is 0 Å². The molecule has 0 fully saturated rings. The number of aromatic carboxylic acids is 1. The van der Waals surface area contributed by atoms with Gasteiger partial charge in [0.15, 0.2) is 0 Å². The van der Waals surface area contributed by atoms with E-state index in [9.17, 15) is 4.79 Å². The molecule has 12 heavy (non-hydrogen) atoms. The van der Waals surface area contributed by atoms with Gasteiger partial charge in [0.05, 0.1) is 10.0 Å². The second kappa shape index (κ2) is 3.21. The number of halogens is 2. The van der Waals surface area contributed by atoms with Crippen LogP contribution in [0.1, 0.15) is 10.4 Å². The fourth-order valence-electron chi connectivity index (χ4n) is 0.738. The van der Waals surface area contributed by atoms with Crippen molar-refractivity contribution in [1.82, 2.24) is 0 Å². The van der Waals surface area contributed by atoms with Crippen LogP contribution in [0.4, 0.5) is 0 Å². The van der Waals surface area contributed by atoms with E-state index in [2.05, 4.69) is 0 Å². The SMILES string of the molecule is O=C(O)c1c(Cl)ccc(O)c1Cl. The third-order valence-electron chi connectivity index (χ3n) is 1.28. The lowest BCUT2D eigenvalue weighted by Gasteiger charge is -2.02. The van der Waals surface area contributed by atoms with E-state index in [1.54, 1.807) is 0 Å². The van der Waals surface area contributed by atoms with Crippen LogP contribution >= 0.6 is 23.2 Å². The number of benzene rings is 1. The smallest absolute Gasteiger partial charge is 0.338 e. The Morgan fingerprint density at radius 1 is 1.33 bits per heavy atom. The van der Waals surface area contributed by atoms with Crippen LogP contribution < -0.4 is 0 Å². The van der Waals surface area contributed by atoms with Crippen LogP contribution in [-0.2, 0) is 0 Å². The highest BCUT2D eigenvalue weighted by molar-refractivity contribution is 6.40. The molecular weight excluding hydrogens is 203 g/mol. The zero-order valence-electron chi connectivity index (χ0n) is 5.71. The number of carbonyl (C=O) groups is 1. The highest BCUT2D eigenvalue weighted by Crippen LogP contribution is 2.32. The molecule has 0 heterocycles. The molecule has 0 aliphatic heterocycles. The van der Waals surface area contributed by atoms with Crippen LogP contribution in [0.5, 0.6) is 5.75 Å². The van der Waals surface area contributed by atoms with E-state index in [-0.39, 0.29) is 21.4 Å². The average molecular weight is 207 g/mol. The van der Waals surface area contributed by atoms with E-state index in [0.29, 0.717) is 0 Å². The molecule has 0 aliphatic rings. The number of rotatable bonds is 1. The molecule has 0 bridgehead atoms. The van der Waals surface area contributed by atoms with E-state index in [4.69, 9.17) is 33.4 Å². The first-order valence-corrected chi connectivity index (χ1v) is 3.70. The Morgan fingerprint density at radius 3 is 2.33 bits per heavy atom. The molecular formula is C7H4Cl2O3. The van der Waals surface area contributed by atoms with Gasteiger partial charge in [-0.2, -0.15) is 0 Å². The van der Waals surface area contributed by atoms with Crippen molar-refractivity contribution in [2.75, 3.05) is 0 Å². The maximum Gasteiger partial charge on any atom is 0.338 e. The molecule has 0 saturated heterocycles. The molecule has 3 nitrogen and oxygen atoms in total. The third-order valence-corrected chi connectivity index (χ3v) is 1.98. The van der Waals surface area contributed by atoms with Crippen LogP contribution in [0.2, 0.25) is 10.0 Å². The van der Waals surface area contributed by atoms with Crippen molar-refractivity contribution in [3.05, 3.63) is 27.7 Å². The van der Waals surface area contributed by atoms with Crippen molar-refractivity contribution in [3.8, 4) is 5.75 Å². The fraction of sp³-hybridized carbons (Fsp3) is 0. The van der Waals surface area contributed by atoms with Gasteiger partial charge in [-0.1, -0.05) is 23.2 Å². The van der Waals surface area contributed by atoms with E-state index in [1.165, 1.54) is 12.1 Å². The molecule has 1 rings (SSSR count). The van der Waals surface area contributed by atoms with Gasteiger partial charge >= 0.3 is 5.97 Å². The quantitative estimate of drug-likeness (QED) is 0.743. The Balaban J connectivity index is 3.43. The fourth-order valence-corrected chi connectivity index (χ4v) is 1.27. The molecule has 1 aromatic carbocycles. The van der Waals surface area contributed by atoms with Crippen LogP contribution in [0, 0.1) is 0 Å². The maximum atomic E-state index is 10.5.